The van der Waals surface area contributed by atoms with Crippen LogP contribution in [-0.4, -0.2) is 69.1 Å². The van der Waals surface area contributed by atoms with Crippen molar-refractivity contribution in [3.63, 3.8) is 0 Å². The second kappa shape index (κ2) is 39.4. The molecule has 5 atom stereocenters. The maximum absolute atomic E-state index is 12.0. The van der Waals surface area contributed by atoms with E-state index in [2.05, 4.69) is 178 Å². The summed E-state index contributed by atoms with van der Waals surface area (Å²) in [6.45, 7) is 24.0. The van der Waals surface area contributed by atoms with Crippen LogP contribution in [0.5, 0.6) is 28.7 Å². The summed E-state index contributed by atoms with van der Waals surface area (Å²) >= 11 is 0. The molecule has 5 aliphatic rings. The van der Waals surface area contributed by atoms with Gasteiger partial charge in [-0.2, -0.15) is 0 Å². The van der Waals surface area contributed by atoms with Crippen LogP contribution < -0.4 is 23.7 Å². The molecule has 620 valence electrons. The van der Waals surface area contributed by atoms with E-state index >= 15 is 0 Å². The van der Waals surface area contributed by atoms with Gasteiger partial charge < -0.3 is 48.8 Å². The van der Waals surface area contributed by atoms with Crippen molar-refractivity contribution < 1.29 is 53.6 Å². The molecule has 11 heteroatoms. The van der Waals surface area contributed by atoms with E-state index < -0.39 is 0 Å². The van der Waals surface area contributed by atoms with Crippen molar-refractivity contribution in [2.45, 2.75) is 222 Å². The standard InChI is InChI=1S/C22H26O3.4C21H26O2/c1-22(2)12-6-9-20(22)19-14-16(21(23)25-4)10-11-18(19)15-7-5-8-17(13-15)24-3;4*1-21(2)11-5-8-20(21)19-12-15(14-22)9-10-18(19)16-6-4-7-17(13-16)23-3/h5,7-8,10-11,13-14,20H,6,9,12H2,1-4H3;4*4,6-7,9-10,12-13,20,22H,5,8,11,14H2,1-3H3/t;2*20-;;/m.10../s1. The predicted molar refractivity (Wildman–Crippen MR) is 479 cm³/mol. The highest BCUT2D eigenvalue weighted by molar-refractivity contribution is 5.91. The zero-order chi connectivity index (χ0) is 83.8. The first-order chi connectivity index (χ1) is 56.1. The fraction of sp³-hybridized carbons (Fsp3) is 0.425. The second-order valence-corrected chi connectivity index (χ2v) is 36.4. The van der Waals surface area contributed by atoms with E-state index in [0.717, 1.165) is 63.0 Å². The number of rotatable bonds is 20. The van der Waals surface area contributed by atoms with Crippen molar-refractivity contribution >= 4 is 5.97 Å². The molecule has 0 saturated heterocycles. The largest absolute Gasteiger partial charge is 0.497 e. The Bertz CT molecular complexity index is 4480. The quantitative estimate of drug-likeness (QED) is 0.0539. The van der Waals surface area contributed by atoms with Gasteiger partial charge in [-0.15, -0.1) is 0 Å². The number of carbonyl (C=O) groups excluding carboxylic acids is 1. The van der Waals surface area contributed by atoms with Crippen molar-refractivity contribution in [2.75, 3.05) is 42.7 Å². The van der Waals surface area contributed by atoms with Gasteiger partial charge in [-0.05, 0) is 299 Å². The molecule has 0 radical (unpaired) electrons. The number of methoxy groups -OCH3 is 6. The fourth-order valence-electron chi connectivity index (χ4n) is 19.9. The minimum absolute atomic E-state index is 0.0958. The summed E-state index contributed by atoms with van der Waals surface area (Å²) in [4.78, 5) is 12.0. The minimum Gasteiger partial charge on any atom is -0.497 e. The van der Waals surface area contributed by atoms with Gasteiger partial charge >= 0.3 is 5.97 Å². The Balaban J connectivity index is 0.000000144. The highest BCUT2D eigenvalue weighted by Crippen LogP contribution is 2.57. The molecule has 10 aromatic rings. The van der Waals surface area contributed by atoms with Crippen LogP contribution in [-0.2, 0) is 31.2 Å². The Morgan fingerprint density at radius 1 is 0.282 bits per heavy atom. The summed E-state index contributed by atoms with van der Waals surface area (Å²) in [6, 6.07) is 72.6. The number of aliphatic hydroxyl groups is 4. The second-order valence-electron chi connectivity index (χ2n) is 36.4. The summed E-state index contributed by atoms with van der Waals surface area (Å²) in [6.07, 6.45) is 18.6. The Labute approximate surface area is 699 Å². The van der Waals surface area contributed by atoms with Gasteiger partial charge in [0.25, 0.3) is 0 Å². The SMILES string of the molecule is COC(=O)c1ccc(-c2cccc(OC)c2)c(C2CCCC2(C)C)c1.COc1cccc(-c2ccc(CO)cc2C2CCCC2(C)C)c1.COc1cccc(-c2ccc(CO)cc2C2CCCC2(C)C)c1.COc1cccc(-c2ccc(CO)cc2[C@@H]2CCCC2(C)C)c1.COc1cccc(-c2ccc(CO)cc2[C@H]2CCCC2(C)C)c1. The maximum Gasteiger partial charge on any atom is 0.337 e. The highest BCUT2D eigenvalue weighted by Gasteiger charge is 2.42. The molecule has 0 heterocycles. The Morgan fingerprint density at radius 2 is 0.487 bits per heavy atom. The van der Waals surface area contributed by atoms with Crippen LogP contribution in [0.2, 0.25) is 0 Å². The minimum atomic E-state index is -0.283. The molecule has 0 aliphatic heterocycles. The van der Waals surface area contributed by atoms with Gasteiger partial charge in [0.2, 0.25) is 0 Å². The molecule has 10 aromatic carbocycles. The average Bonchev–Trinajstić information content (AvgIpc) is 1.72. The molecule has 3 unspecified atom stereocenters. The first-order valence-electron chi connectivity index (χ1n) is 42.6. The van der Waals surface area contributed by atoms with Crippen LogP contribution in [0.4, 0.5) is 0 Å². The van der Waals surface area contributed by atoms with Crippen LogP contribution in [0.3, 0.4) is 0 Å². The van der Waals surface area contributed by atoms with Crippen LogP contribution >= 0.6 is 0 Å². The normalized spacial score (nSPS) is 19.5. The molecule has 0 bridgehead atoms. The van der Waals surface area contributed by atoms with E-state index in [1.807, 2.05) is 103 Å². The lowest BCUT2D eigenvalue weighted by Crippen LogP contribution is -2.17. The topological polar surface area (TPSA) is 153 Å². The molecular weight excluding hydrogens is 1450 g/mol. The summed E-state index contributed by atoms with van der Waals surface area (Å²) < 4.78 is 31.9. The lowest BCUT2D eigenvalue weighted by atomic mass is 9.75. The average molecular weight is 1580 g/mol. The van der Waals surface area contributed by atoms with Crippen LogP contribution in [0.15, 0.2) is 212 Å². The van der Waals surface area contributed by atoms with Crippen molar-refractivity contribution in [3.8, 4) is 84.4 Å². The van der Waals surface area contributed by atoms with E-state index in [0.29, 0.717) is 56.8 Å². The summed E-state index contributed by atoms with van der Waals surface area (Å²) in [5.41, 5.74) is 24.9. The monoisotopic (exact) mass is 1580 g/mol. The molecule has 5 fully saturated rings. The van der Waals surface area contributed by atoms with E-state index in [4.69, 9.17) is 28.4 Å². The molecule has 15 rings (SSSR count). The zero-order valence-corrected chi connectivity index (χ0v) is 72.7. The smallest absolute Gasteiger partial charge is 0.337 e. The van der Waals surface area contributed by atoms with Crippen molar-refractivity contribution in [2.24, 2.45) is 27.1 Å². The number of ether oxygens (including phenoxy) is 6. The summed E-state index contributed by atoms with van der Waals surface area (Å²) in [5, 5.41) is 38.2. The third-order valence-corrected chi connectivity index (χ3v) is 26.7. The van der Waals surface area contributed by atoms with E-state index in [1.54, 1.807) is 35.5 Å². The molecular formula is C106H130O11. The fourth-order valence-corrected chi connectivity index (χ4v) is 19.9. The van der Waals surface area contributed by atoms with Crippen molar-refractivity contribution in [1.29, 1.82) is 0 Å². The van der Waals surface area contributed by atoms with Gasteiger partial charge in [0.15, 0.2) is 0 Å². The number of hydrogen-bond acceptors (Lipinski definition) is 11. The van der Waals surface area contributed by atoms with Crippen molar-refractivity contribution in [3.05, 3.63) is 268 Å². The van der Waals surface area contributed by atoms with Crippen molar-refractivity contribution in [1.82, 2.24) is 0 Å². The molecule has 5 saturated carbocycles. The lowest BCUT2D eigenvalue weighted by Gasteiger charge is -2.29. The molecule has 0 aromatic heterocycles. The van der Waals surface area contributed by atoms with Crippen LogP contribution in [0, 0.1) is 27.1 Å². The first-order valence-corrected chi connectivity index (χ1v) is 42.6. The molecule has 117 heavy (non-hydrogen) atoms. The highest BCUT2D eigenvalue weighted by atomic mass is 16.5. The molecule has 0 amide bonds. The Kier molecular flexibility index (Phi) is 29.7. The zero-order valence-electron chi connectivity index (χ0n) is 72.7. The number of benzene rings is 10. The lowest BCUT2D eigenvalue weighted by molar-refractivity contribution is 0.0600. The third-order valence-electron chi connectivity index (χ3n) is 26.7. The van der Waals surface area contributed by atoms with Crippen LogP contribution in [0.25, 0.3) is 55.6 Å². The summed E-state index contributed by atoms with van der Waals surface area (Å²) in [7, 11) is 9.92. The molecule has 11 nitrogen and oxygen atoms in total. The predicted octanol–water partition coefficient (Wildman–Crippen LogP) is 26.0. The molecule has 5 aliphatic carbocycles. The maximum atomic E-state index is 12.0. The van der Waals surface area contributed by atoms with Gasteiger partial charge in [-0.25, -0.2) is 4.79 Å². The van der Waals surface area contributed by atoms with Gasteiger partial charge in [-0.1, -0.05) is 241 Å². The van der Waals surface area contributed by atoms with Gasteiger partial charge in [0.05, 0.1) is 74.6 Å². The third kappa shape index (κ3) is 21.2. The molecule has 0 spiro atoms. The number of hydrogen-bond donors (Lipinski definition) is 4. The van der Waals surface area contributed by atoms with Crippen LogP contribution in [0.1, 0.15) is 256 Å². The van der Waals surface area contributed by atoms with Gasteiger partial charge in [0, 0.05) is 0 Å². The Morgan fingerprint density at radius 3 is 0.667 bits per heavy atom. The summed E-state index contributed by atoms with van der Waals surface area (Å²) in [5.74, 6) is 6.65. The number of carbonyl (C=O) groups is 1. The van der Waals surface area contributed by atoms with E-state index in [1.165, 1.54) is 175 Å². The van der Waals surface area contributed by atoms with Gasteiger partial charge in [0.1, 0.15) is 28.7 Å². The van der Waals surface area contributed by atoms with Gasteiger partial charge in [-0.3, -0.25) is 0 Å². The first kappa shape index (κ1) is 88.3. The molecule has 4 N–H and O–H groups in total. The van der Waals surface area contributed by atoms with E-state index in [9.17, 15) is 25.2 Å². The number of aliphatic hydroxyl groups excluding tert-OH is 4. The van der Waals surface area contributed by atoms with E-state index in [-0.39, 0.29) is 37.8 Å². The Hall–Kier alpha value is -9.49. The number of esters is 1.